The van der Waals surface area contributed by atoms with Crippen molar-refractivity contribution in [2.24, 2.45) is 0 Å². The highest BCUT2D eigenvalue weighted by Crippen LogP contribution is 2.29. The Hall–Kier alpha value is -2.14. The molecular weight excluding hydrogens is 293 g/mol. The van der Waals surface area contributed by atoms with Crippen molar-refractivity contribution >= 4 is 5.82 Å². The number of aromatic nitrogens is 1. The van der Waals surface area contributed by atoms with Gasteiger partial charge in [-0.2, -0.15) is 4.98 Å². The molecule has 4 nitrogen and oxygen atoms in total. The van der Waals surface area contributed by atoms with Gasteiger partial charge in [0.15, 0.2) is 0 Å². The number of hydrogen-bond acceptors (Lipinski definition) is 4. The van der Waals surface area contributed by atoms with E-state index in [-0.39, 0.29) is 5.82 Å². The Balaban J connectivity index is 1.42. The number of benzene rings is 1. The molecule has 0 bridgehead atoms. The zero-order valence-electron chi connectivity index (χ0n) is 13.0. The molecule has 0 unspecified atom stereocenters. The summed E-state index contributed by atoms with van der Waals surface area (Å²) in [5, 5.41) is 0. The zero-order chi connectivity index (χ0) is 15.6. The summed E-state index contributed by atoms with van der Waals surface area (Å²) in [6.07, 6.45) is 2.72. The van der Waals surface area contributed by atoms with E-state index in [1.807, 2.05) is 18.2 Å². The summed E-state index contributed by atoms with van der Waals surface area (Å²) in [5.41, 5.74) is 0. The van der Waals surface area contributed by atoms with Crippen molar-refractivity contribution in [1.29, 1.82) is 0 Å². The van der Waals surface area contributed by atoms with Crippen LogP contribution in [0.25, 0.3) is 0 Å². The fourth-order valence-corrected chi connectivity index (χ4v) is 3.02. The fourth-order valence-electron chi connectivity index (χ4n) is 3.02. The number of ether oxygens (including phenoxy) is 1. The molecule has 120 valence electrons. The van der Waals surface area contributed by atoms with Gasteiger partial charge in [0, 0.05) is 38.3 Å². The second-order valence-electron chi connectivity index (χ2n) is 6.14. The largest absolute Gasteiger partial charge is 0.439 e. The first-order valence-electron chi connectivity index (χ1n) is 8.17. The second kappa shape index (κ2) is 6.16. The van der Waals surface area contributed by atoms with Crippen LogP contribution in [0.4, 0.5) is 10.2 Å². The Morgan fingerprint density at radius 3 is 2.39 bits per heavy atom. The Labute approximate surface area is 135 Å². The quantitative estimate of drug-likeness (QED) is 0.866. The van der Waals surface area contributed by atoms with E-state index in [0.717, 1.165) is 38.0 Å². The zero-order valence-corrected chi connectivity index (χ0v) is 13.0. The van der Waals surface area contributed by atoms with Gasteiger partial charge in [-0.05, 0) is 43.2 Å². The minimum atomic E-state index is -0.271. The topological polar surface area (TPSA) is 28.6 Å². The van der Waals surface area contributed by atoms with E-state index in [4.69, 9.17) is 4.74 Å². The molecule has 0 radical (unpaired) electrons. The van der Waals surface area contributed by atoms with Crippen molar-refractivity contribution in [1.82, 2.24) is 9.88 Å². The Kier molecular flexibility index (Phi) is 3.87. The molecule has 0 N–H and O–H groups in total. The van der Waals surface area contributed by atoms with Crippen LogP contribution < -0.4 is 9.64 Å². The molecule has 0 amide bonds. The lowest BCUT2D eigenvalue weighted by molar-refractivity contribution is 0.247. The summed E-state index contributed by atoms with van der Waals surface area (Å²) in [7, 11) is 0. The van der Waals surface area contributed by atoms with Crippen LogP contribution in [0, 0.1) is 5.82 Å². The number of anilines is 1. The summed E-state index contributed by atoms with van der Waals surface area (Å²) < 4.78 is 18.7. The van der Waals surface area contributed by atoms with E-state index in [1.165, 1.54) is 25.0 Å². The predicted octanol–water partition coefficient (Wildman–Crippen LogP) is 3.30. The molecule has 1 saturated heterocycles. The van der Waals surface area contributed by atoms with E-state index < -0.39 is 0 Å². The molecule has 0 atom stereocenters. The molecule has 2 heterocycles. The molecule has 2 aliphatic rings. The summed E-state index contributed by atoms with van der Waals surface area (Å²) in [4.78, 5) is 9.47. The highest BCUT2D eigenvalue weighted by Gasteiger charge is 2.31. The summed E-state index contributed by atoms with van der Waals surface area (Å²) in [5.74, 6) is 1.81. The van der Waals surface area contributed by atoms with Crippen molar-refractivity contribution in [2.75, 3.05) is 31.1 Å². The molecule has 5 heteroatoms. The maximum atomic E-state index is 12.9. The molecule has 4 rings (SSSR count). The highest BCUT2D eigenvalue weighted by atomic mass is 19.1. The Morgan fingerprint density at radius 2 is 1.70 bits per heavy atom. The third kappa shape index (κ3) is 3.45. The van der Waals surface area contributed by atoms with Crippen molar-refractivity contribution in [3.05, 3.63) is 48.3 Å². The van der Waals surface area contributed by atoms with Crippen LogP contribution in [0.5, 0.6) is 11.6 Å². The number of hydrogen-bond donors (Lipinski definition) is 0. The number of nitrogens with zero attached hydrogens (tertiary/aromatic N) is 3. The van der Waals surface area contributed by atoms with Gasteiger partial charge < -0.3 is 9.64 Å². The van der Waals surface area contributed by atoms with Crippen molar-refractivity contribution < 1.29 is 9.13 Å². The van der Waals surface area contributed by atoms with E-state index in [2.05, 4.69) is 14.8 Å². The lowest BCUT2D eigenvalue weighted by Gasteiger charge is -2.35. The van der Waals surface area contributed by atoms with Gasteiger partial charge >= 0.3 is 0 Å². The summed E-state index contributed by atoms with van der Waals surface area (Å²) in [6.45, 7) is 4.22. The SMILES string of the molecule is Fc1ccc(Oc2cccc(N3CCN(C4CC4)CC3)n2)cc1. The maximum Gasteiger partial charge on any atom is 0.221 e. The van der Waals surface area contributed by atoms with Gasteiger partial charge in [-0.25, -0.2) is 4.39 Å². The van der Waals surface area contributed by atoms with Crippen LogP contribution in [-0.2, 0) is 0 Å². The minimum absolute atomic E-state index is 0.271. The van der Waals surface area contributed by atoms with Crippen LogP contribution in [-0.4, -0.2) is 42.1 Å². The molecule has 2 aromatic rings. The van der Waals surface area contributed by atoms with Gasteiger partial charge in [0.1, 0.15) is 17.4 Å². The predicted molar refractivity (Wildman–Crippen MR) is 87.5 cm³/mol. The number of halogens is 1. The number of piperazine rings is 1. The van der Waals surface area contributed by atoms with Gasteiger partial charge in [-0.3, -0.25) is 4.90 Å². The molecule has 1 aromatic carbocycles. The third-order valence-electron chi connectivity index (χ3n) is 4.45. The summed E-state index contributed by atoms with van der Waals surface area (Å²) >= 11 is 0. The normalized spacial score (nSPS) is 18.9. The van der Waals surface area contributed by atoms with E-state index in [1.54, 1.807) is 12.1 Å². The average Bonchev–Trinajstić information content (AvgIpc) is 3.43. The second-order valence-corrected chi connectivity index (χ2v) is 6.14. The minimum Gasteiger partial charge on any atom is -0.439 e. The molecule has 0 spiro atoms. The number of pyridine rings is 1. The first-order chi connectivity index (χ1) is 11.3. The maximum absolute atomic E-state index is 12.9. The van der Waals surface area contributed by atoms with Crippen LogP contribution in [0.15, 0.2) is 42.5 Å². The Bertz CT molecular complexity index is 664. The molecule has 1 aromatic heterocycles. The molecule has 2 fully saturated rings. The summed E-state index contributed by atoms with van der Waals surface area (Å²) in [6, 6.07) is 12.6. The molecule has 1 saturated carbocycles. The average molecular weight is 313 g/mol. The lowest BCUT2D eigenvalue weighted by Crippen LogP contribution is -2.47. The van der Waals surface area contributed by atoms with E-state index in [9.17, 15) is 4.39 Å². The first-order valence-corrected chi connectivity index (χ1v) is 8.17. The number of rotatable bonds is 4. The van der Waals surface area contributed by atoms with Crippen LogP contribution in [0.1, 0.15) is 12.8 Å². The van der Waals surface area contributed by atoms with Crippen molar-refractivity contribution in [3.8, 4) is 11.6 Å². The first kappa shape index (κ1) is 14.5. The van der Waals surface area contributed by atoms with Gasteiger partial charge in [-0.15, -0.1) is 0 Å². The van der Waals surface area contributed by atoms with Gasteiger partial charge in [-0.1, -0.05) is 6.07 Å². The van der Waals surface area contributed by atoms with Crippen molar-refractivity contribution in [3.63, 3.8) is 0 Å². The lowest BCUT2D eigenvalue weighted by atomic mass is 10.3. The fraction of sp³-hybridized carbons (Fsp3) is 0.389. The van der Waals surface area contributed by atoms with Crippen LogP contribution in [0.2, 0.25) is 0 Å². The third-order valence-corrected chi connectivity index (χ3v) is 4.45. The van der Waals surface area contributed by atoms with Gasteiger partial charge in [0.05, 0.1) is 0 Å². The standard InChI is InChI=1S/C18H20FN3O/c19-14-4-8-16(9-5-14)23-18-3-1-2-17(20-18)22-12-10-21(11-13-22)15-6-7-15/h1-5,8-9,15H,6-7,10-13H2. The smallest absolute Gasteiger partial charge is 0.221 e. The molecule has 1 aliphatic heterocycles. The van der Waals surface area contributed by atoms with Crippen LogP contribution in [0.3, 0.4) is 0 Å². The van der Waals surface area contributed by atoms with Crippen molar-refractivity contribution in [2.45, 2.75) is 18.9 Å². The van der Waals surface area contributed by atoms with E-state index in [0.29, 0.717) is 11.6 Å². The van der Waals surface area contributed by atoms with Crippen LogP contribution >= 0.6 is 0 Å². The Morgan fingerprint density at radius 1 is 0.957 bits per heavy atom. The highest BCUT2D eigenvalue weighted by molar-refractivity contribution is 5.42. The van der Waals surface area contributed by atoms with E-state index >= 15 is 0 Å². The van der Waals surface area contributed by atoms with Gasteiger partial charge in [0.25, 0.3) is 0 Å². The molecule has 1 aliphatic carbocycles. The van der Waals surface area contributed by atoms with Gasteiger partial charge in [0.2, 0.25) is 5.88 Å². The monoisotopic (exact) mass is 313 g/mol. The molecular formula is C18H20FN3O. The molecule has 23 heavy (non-hydrogen) atoms.